The Labute approximate surface area is 167 Å². The van der Waals surface area contributed by atoms with E-state index in [4.69, 9.17) is 0 Å². The van der Waals surface area contributed by atoms with E-state index in [1.54, 1.807) is 19.1 Å². The Morgan fingerprint density at radius 3 is 2.55 bits per heavy atom. The number of nitrogens with zero attached hydrogens (tertiary/aromatic N) is 4. The molecule has 152 valence electrons. The van der Waals surface area contributed by atoms with Gasteiger partial charge in [-0.2, -0.15) is 5.10 Å². The van der Waals surface area contributed by atoms with E-state index in [-0.39, 0.29) is 23.3 Å². The maximum atomic E-state index is 13.2. The van der Waals surface area contributed by atoms with Crippen LogP contribution in [0.2, 0.25) is 0 Å². The Morgan fingerprint density at radius 1 is 1.17 bits per heavy atom. The maximum absolute atomic E-state index is 13.2. The summed E-state index contributed by atoms with van der Waals surface area (Å²) in [7, 11) is 0. The van der Waals surface area contributed by atoms with Crippen molar-refractivity contribution in [3.63, 3.8) is 0 Å². The number of fused-ring (bicyclic) bond motifs is 1. The van der Waals surface area contributed by atoms with Crippen LogP contribution in [0.25, 0.3) is 16.7 Å². The van der Waals surface area contributed by atoms with Crippen LogP contribution in [0.1, 0.15) is 51.5 Å². The zero-order valence-electron chi connectivity index (χ0n) is 16.3. The van der Waals surface area contributed by atoms with Crippen LogP contribution in [0.15, 0.2) is 41.6 Å². The van der Waals surface area contributed by atoms with Gasteiger partial charge in [0.1, 0.15) is 23.6 Å². The first-order valence-corrected chi connectivity index (χ1v) is 10.1. The number of carbonyl (C=O) groups excluding carboxylic acids is 1. The molecule has 0 bridgehead atoms. The van der Waals surface area contributed by atoms with Crippen LogP contribution in [0.3, 0.4) is 0 Å². The van der Waals surface area contributed by atoms with E-state index in [2.05, 4.69) is 15.4 Å². The normalized spacial score (nSPS) is 16.5. The molecule has 1 aromatic carbocycles. The smallest absolute Gasteiger partial charge is 0.265 e. The summed E-state index contributed by atoms with van der Waals surface area (Å²) in [5.74, 6) is -0.528. The van der Waals surface area contributed by atoms with Crippen molar-refractivity contribution in [3.05, 3.63) is 53.0 Å². The van der Waals surface area contributed by atoms with Gasteiger partial charge in [0.2, 0.25) is 5.91 Å². The topological polar surface area (TPSA) is 81.8 Å². The van der Waals surface area contributed by atoms with E-state index < -0.39 is 6.04 Å². The van der Waals surface area contributed by atoms with Crippen molar-refractivity contribution in [2.45, 2.75) is 57.5 Å². The first-order chi connectivity index (χ1) is 14.0. The Kier molecular flexibility index (Phi) is 5.42. The van der Waals surface area contributed by atoms with Crippen LogP contribution in [0.5, 0.6) is 0 Å². The molecule has 1 saturated carbocycles. The summed E-state index contributed by atoms with van der Waals surface area (Å²) in [6, 6.07) is 5.28. The number of amides is 1. The highest BCUT2D eigenvalue weighted by Gasteiger charge is 2.22. The molecule has 3 aromatic rings. The Morgan fingerprint density at radius 2 is 1.86 bits per heavy atom. The third-order valence-electron chi connectivity index (χ3n) is 5.58. The highest BCUT2D eigenvalue weighted by atomic mass is 19.1. The van der Waals surface area contributed by atoms with E-state index in [1.807, 2.05) is 0 Å². The molecule has 0 saturated heterocycles. The van der Waals surface area contributed by atoms with Gasteiger partial charge in [0.05, 0.1) is 11.9 Å². The molecule has 2 heterocycles. The van der Waals surface area contributed by atoms with Gasteiger partial charge in [0.25, 0.3) is 5.56 Å². The molecule has 1 aliphatic carbocycles. The molecule has 29 heavy (non-hydrogen) atoms. The van der Waals surface area contributed by atoms with Gasteiger partial charge in [0, 0.05) is 6.04 Å². The molecule has 1 amide bonds. The summed E-state index contributed by atoms with van der Waals surface area (Å²) >= 11 is 0. The Bertz CT molecular complexity index is 1060. The summed E-state index contributed by atoms with van der Waals surface area (Å²) in [4.78, 5) is 30.0. The molecule has 1 atom stereocenters. The maximum Gasteiger partial charge on any atom is 0.265 e. The number of halogens is 1. The van der Waals surface area contributed by atoms with Crippen LogP contribution in [-0.4, -0.2) is 31.3 Å². The third kappa shape index (κ3) is 3.92. The zero-order chi connectivity index (χ0) is 20.4. The first-order valence-electron chi connectivity index (χ1n) is 10.1. The van der Waals surface area contributed by atoms with Crippen molar-refractivity contribution in [2.75, 3.05) is 0 Å². The second-order valence-electron chi connectivity index (χ2n) is 7.60. The van der Waals surface area contributed by atoms with E-state index >= 15 is 0 Å². The third-order valence-corrected chi connectivity index (χ3v) is 5.58. The number of hydrogen-bond donors (Lipinski definition) is 1. The largest absolute Gasteiger partial charge is 0.352 e. The van der Waals surface area contributed by atoms with Gasteiger partial charge >= 0.3 is 0 Å². The molecule has 0 spiro atoms. The van der Waals surface area contributed by atoms with Crippen molar-refractivity contribution >= 4 is 16.9 Å². The van der Waals surface area contributed by atoms with Gasteiger partial charge in [-0.3, -0.25) is 14.2 Å². The van der Waals surface area contributed by atoms with Gasteiger partial charge in [-0.1, -0.05) is 25.7 Å². The van der Waals surface area contributed by atoms with Crippen LogP contribution in [0, 0.1) is 5.82 Å². The monoisotopic (exact) mass is 397 g/mol. The molecule has 8 heteroatoms. The van der Waals surface area contributed by atoms with E-state index in [9.17, 15) is 14.0 Å². The molecular formula is C21H24FN5O2. The molecule has 1 aliphatic rings. The van der Waals surface area contributed by atoms with Crippen molar-refractivity contribution in [1.29, 1.82) is 0 Å². The average Bonchev–Trinajstić information content (AvgIpc) is 2.99. The second-order valence-corrected chi connectivity index (χ2v) is 7.60. The van der Waals surface area contributed by atoms with Crippen LogP contribution in [-0.2, 0) is 4.79 Å². The minimum absolute atomic E-state index is 0.168. The van der Waals surface area contributed by atoms with Gasteiger partial charge in [0.15, 0.2) is 5.65 Å². The van der Waals surface area contributed by atoms with Crippen LogP contribution < -0.4 is 10.9 Å². The minimum Gasteiger partial charge on any atom is -0.352 e. The number of rotatable bonds is 4. The lowest BCUT2D eigenvalue weighted by Crippen LogP contribution is -2.41. The molecule has 1 N–H and O–H groups in total. The summed E-state index contributed by atoms with van der Waals surface area (Å²) in [5.41, 5.74) is 0.645. The number of nitrogens with one attached hydrogen (secondary N) is 1. The molecule has 2 aromatic heterocycles. The number of benzene rings is 1. The van der Waals surface area contributed by atoms with Crippen molar-refractivity contribution in [2.24, 2.45) is 0 Å². The predicted octanol–water partition coefficient (Wildman–Crippen LogP) is 3.12. The van der Waals surface area contributed by atoms with Gasteiger partial charge in [-0.25, -0.2) is 14.1 Å². The SMILES string of the molecule is CC(C(=O)NC1CCCCCC1)n1cnc2c(cnn2-c2ccc(F)cc2)c1=O. The zero-order valence-corrected chi connectivity index (χ0v) is 16.3. The summed E-state index contributed by atoms with van der Waals surface area (Å²) in [6.45, 7) is 1.70. The second kappa shape index (κ2) is 8.14. The van der Waals surface area contributed by atoms with Crippen molar-refractivity contribution in [1.82, 2.24) is 24.6 Å². The molecule has 7 nitrogen and oxygen atoms in total. The van der Waals surface area contributed by atoms with Gasteiger partial charge < -0.3 is 5.32 Å². The molecule has 0 aliphatic heterocycles. The van der Waals surface area contributed by atoms with Crippen molar-refractivity contribution < 1.29 is 9.18 Å². The Balaban J connectivity index is 1.59. The lowest BCUT2D eigenvalue weighted by atomic mass is 10.1. The summed E-state index contributed by atoms with van der Waals surface area (Å²) < 4.78 is 16.0. The molecule has 1 fully saturated rings. The average molecular weight is 397 g/mol. The van der Waals surface area contributed by atoms with Crippen LogP contribution >= 0.6 is 0 Å². The molecule has 1 unspecified atom stereocenters. The summed E-state index contributed by atoms with van der Waals surface area (Å²) in [6.07, 6.45) is 9.43. The number of carbonyl (C=O) groups is 1. The van der Waals surface area contributed by atoms with E-state index in [0.717, 1.165) is 25.7 Å². The fourth-order valence-corrected chi connectivity index (χ4v) is 3.84. The van der Waals surface area contributed by atoms with E-state index in [0.29, 0.717) is 16.7 Å². The van der Waals surface area contributed by atoms with Gasteiger partial charge in [-0.15, -0.1) is 0 Å². The molecule has 4 rings (SSSR count). The standard InChI is InChI=1S/C21H24FN5O2/c1-14(20(28)25-16-6-4-2-3-5-7-16)26-13-23-19-18(21(26)29)12-24-27(19)17-10-8-15(22)9-11-17/h8-14,16H,2-7H2,1H3,(H,25,28). The van der Waals surface area contributed by atoms with Gasteiger partial charge in [-0.05, 0) is 44.0 Å². The fourth-order valence-electron chi connectivity index (χ4n) is 3.84. The fraction of sp³-hybridized carbons (Fsp3) is 0.429. The Hall–Kier alpha value is -3.03. The number of aromatic nitrogens is 4. The number of hydrogen-bond acceptors (Lipinski definition) is 4. The summed E-state index contributed by atoms with van der Waals surface area (Å²) in [5, 5.41) is 7.62. The highest BCUT2D eigenvalue weighted by Crippen LogP contribution is 2.19. The highest BCUT2D eigenvalue weighted by molar-refractivity contribution is 5.81. The minimum atomic E-state index is -0.670. The lowest BCUT2D eigenvalue weighted by Gasteiger charge is -2.20. The first kappa shape index (κ1) is 19.3. The van der Waals surface area contributed by atoms with E-state index in [1.165, 1.54) is 46.7 Å². The lowest BCUT2D eigenvalue weighted by molar-refractivity contribution is -0.124. The molecular weight excluding hydrogens is 373 g/mol. The van der Waals surface area contributed by atoms with Crippen LogP contribution in [0.4, 0.5) is 4.39 Å². The predicted molar refractivity (Wildman–Crippen MR) is 107 cm³/mol. The van der Waals surface area contributed by atoms with Crippen molar-refractivity contribution in [3.8, 4) is 5.69 Å². The quantitative estimate of drug-likeness (QED) is 0.686. The molecule has 0 radical (unpaired) electrons.